The molecule has 2 amide bonds. The van der Waals surface area contributed by atoms with Crippen molar-refractivity contribution < 1.29 is 27.9 Å². The van der Waals surface area contributed by atoms with Crippen LogP contribution in [0.1, 0.15) is 33.3 Å². The molecule has 1 aliphatic rings. The second-order valence-corrected chi connectivity index (χ2v) is 8.32. The Morgan fingerprint density at radius 1 is 1.03 bits per heavy atom. The van der Waals surface area contributed by atoms with Gasteiger partial charge in [-0.05, 0) is 53.6 Å². The van der Waals surface area contributed by atoms with E-state index >= 15 is 0 Å². The molecule has 8 nitrogen and oxygen atoms in total. The predicted molar refractivity (Wildman–Crippen MR) is 128 cm³/mol. The zero-order valence-electron chi connectivity index (χ0n) is 19.2. The van der Waals surface area contributed by atoms with E-state index in [0.717, 1.165) is 11.6 Å². The van der Waals surface area contributed by atoms with Gasteiger partial charge >= 0.3 is 0 Å². The number of halogens is 1. The molecule has 36 heavy (non-hydrogen) atoms. The quantitative estimate of drug-likeness (QED) is 0.426. The van der Waals surface area contributed by atoms with Crippen molar-refractivity contribution in [3.8, 4) is 11.5 Å². The van der Waals surface area contributed by atoms with E-state index in [1.54, 1.807) is 43.5 Å². The molecular weight excluding hydrogens is 467 g/mol. The number of amides is 2. The largest absolute Gasteiger partial charge is 0.497 e. The summed E-state index contributed by atoms with van der Waals surface area (Å²) < 4.78 is 30.3. The first kappa shape index (κ1) is 23.1. The van der Waals surface area contributed by atoms with E-state index in [1.165, 1.54) is 17.0 Å². The van der Waals surface area contributed by atoms with Gasteiger partial charge in [-0.1, -0.05) is 24.3 Å². The summed E-state index contributed by atoms with van der Waals surface area (Å²) >= 11 is 0. The topological polar surface area (TPSA) is 112 Å². The van der Waals surface area contributed by atoms with Crippen molar-refractivity contribution >= 4 is 22.8 Å². The third-order valence-electron chi connectivity index (χ3n) is 6.02. The number of rotatable bonds is 7. The molecule has 0 saturated carbocycles. The van der Waals surface area contributed by atoms with E-state index in [4.69, 9.17) is 19.6 Å². The van der Waals surface area contributed by atoms with Crippen LogP contribution in [-0.2, 0) is 11.3 Å². The minimum Gasteiger partial charge on any atom is -0.497 e. The van der Waals surface area contributed by atoms with E-state index in [2.05, 4.69) is 0 Å². The van der Waals surface area contributed by atoms with Crippen LogP contribution in [-0.4, -0.2) is 30.4 Å². The summed E-state index contributed by atoms with van der Waals surface area (Å²) in [5.74, 6) is -0.660. The lowest BCUT2D eigenvalue weighted by Crippen LogP contribution is -2.29. The van der Waals surface area contributed by atoms with Gasteiger partial charge in [0.1, 0.15) is 22.9 Å². The second-order valence-electron chi connectivity index (χ2n) is 8.32. The third kappa shape index (κ3) is 4.15. The number of hydrogen-bond acceptors (Lipinski definition) is 6. The molecule has 0 aliphatic carbocycles. The number of fused-ring (bicyclic) bond motifs is 2. The smallest absolute Gasteiger partial charge is 0.291 e. The van der Waals surface area contributed by atoms with E-state index in [9.17, 15) is 18.8 Å². The summed E-state index contributed by atoms with van der Waals surface area (Å²) in [6.07, 6.45) is 0. The molecule has 5 rings (SSSR count). The van der Waals surface area contributed by atoms with Crippen LogP contribution in [0.5, 0.6) is 11.5 Å². The Balaban J connectivity index is 1.61. The maximum absolute atomic E-state index is 14.0. The van der Waals surface area contributed by atoms with Crippen LogP contribution in [0.3, 0.4) is 0 Å². The third-order valence-corrected chi connectivity index (χ3v) is 6.02. The number of nitrogens with two attached hydrogens (primary N) is 1. The molecule has 1 unspecified atom stereocenters. The highest BCUT2D eigenvalue weighted by atomic mass is 19.1. The Morgan fingerprint density at radius 2 is 1.72 bits per heavy atom. The number of nitrogens with zero attached hydrogens (tertiary/aromatic N) is 1. The second kappa shape index (κ2) is 9.18. The molecule has 0 bridgehead atoms. The molecule has 3 aromatic carbocycles. The number of primary amides is 1. The summed E-state index contributed by atoms with van der Waals surface area (Å²) in [6.45, 7) is -0.101. The Morgan fingerprint density at radius 3 is 2.39 bits per heavy atom. The number of methoxy groups -OCH3 is 1. The van der Waals surface area contributed by atoms with Crippen LogP contribution < -0.4 is 20.6 Å². The molecule has 0 spiro atoms. The first-order valence-corrected chi connectivity index (χ1v) is 11.1. The maximum Gasteiger partial charge on any atom is 0.291 e. The van der Waals surface area contributed by atoms with Gasteiger partial charge in [-0.3, -0.25) is 14.4 Å². The van der Waals surface area contributed by atoms with Crippen molar-refractivity contribution in [2.24, 2.45) is 5.73 Å². The van der Waals surface area contributed by atoms with Gasteiger partial charge in [-0.2, -0.15) is 0 Å². The summed E-state index contributed by atoms with van der Waals surface area (Å²) in [5, 5.41) is 0.0549. The first-order chi connectivity index (χ1) is 17.4. The predicted octanol–water partition coefficient (Wildman–Crippen LogP) is 3.55. The number of benzene rings is 3. The van der Waals surface area contributed by atoms with Gasteiger partial charge in [0, 0.05) is 6.54 Å². The molecule has 2 N–H and O–H groups in total. The van der Waals surface area contributed by atoms with E-state index < -0.39 is 29.1 Å². The molecule has 0 saturated heterocycles. The molecule has 4 aromatic rings. The van der Waals surface area contributed by atoms with Crippen molar-refractivity contribution in [2.45, 2.75) is 12.6 Å². The fourth-order valence-electron chi connectivity index (χ4n) is 4.33. The van der Waals surface area contributed by atoms with Gasteiger partial charge in [0.25, 0.3) is 11.8 Å². The van der Waals surface area contributed by atoms with E-state index in [-0.39, 0.29) is 35.4 Å². The minimum absolute atomic E-state index is 0.0549. The Kier molecular flexibility index (Phi) is 5.89. The highest BCUT2D eigenvalue weighted by Gasteiger charge is 2.42. The molecule has 0 radical (unpaired) electrons. The number of ether oxygens (including phenoxy) is 2. The number of carbonyl (C=O) groups excluding carboxylic acids is 2. The molecule has 1 atom stereocenters. The van der Waals surface area contributed by atoms with Crippen LogP contribution in [0, 0.1) is 5.82 Å². The lowest BCUT2D eigenvalue weighted by molar-refractivity contribution is -0.119. The Hall–Kier alpha value is -4.66. The zero-order valence-corrected chi connectivity index (χ0v) is 19.2. The average Bonchev–Trinajstić information content (AvgIpc) is 3.15. The van der Waals surface area contributed by atoms with Crippen LogP contribution in [0.25, 0.3) is 11.0 Å². The standard InChI is InChI=1S/C27H21FN2O6/c1-34-18-7-2-15(3-8-18)13-30-24(16-4-9-19(10-5-16)35-14-22(29)31)23-25(32)20-12-17(28)6-11-21(20)36-26(23)27(30)33/h2-12,24H,13-14H2,1H3,(H2,29,31). The Labute approximate surface area is 204 Å². The van der Waals surface area contributed by atoms with Gasteiger partial charge in [-0.15, -0.1) is 0 Å². The summed E-state index contributed by atoms with van der Waals surface area (Å²) in [5.41, 5.74) is 6.35. The molecule has 2 heterocycles. The molecule has 9 heteroatoms. The molecule has 0 fully saturated rings. The molecule has 1 aromatic heterocycles. The fraction of sp³-hybridized carbons (Fsp3) is 0.148. The van der Waals surface area contributed by atoms with Gasteiger partial charge in [-0.25, -0.2) is 4.39 Å². The lowest BCUT2D eigenvalue weighted by atomic mass is 9.98. The Bertz CT molecular complexity index is 1530. The summed E-state index contributed by atoms with van der Waals surface area (Å²) in [7, 11) is 1.56. The normalized spacial score (nSPS) is 14.7. The lowest BCUT2D eigenvalue weighted by Gasteiger charge is -2.25. The van der Waals surface area contributed by atoms with Gasteiger partial charge in [0.2, 0.25) is 5.76 Å². The van der Waals surface area contributed by atoms with Crippen molar-refractivity contribution in [1.82, 2.24) is 4.90 Å². The first-order valence-electron chi connectivity index (χ1n) is 11.1. The van der Waals surface area contributed by atoms with Crippen molar-refractivity contribution in [3.05, 3.63) is 105 Å². The van der Waals surface area contributed by atoms with Crippen molar-refractivity contribution in [1.29, 1.82) is 0 Å². The van der Waals surface area contributed by atoms with Crippen molar-refractivity contribution in [2.75, 3.05) is 13.7 Å². The summed E-state index contributed by atoms with van der Waals surface area (Å²) in [4.78, 5) is 39.6. The van der Waals surface area contributed by atoms with Crippen LogP contribution in [0.4, 0.5) is 4.39 Å². The highest BCUT2D eigenvalue weighted by molar-refractivity contribution is 5.99. The van der Waals surface area contributed by atoms with E-state index in [0.29, 0.717) is 17.1 Å². The van der Waals surface area contributed by atoms with Gasteiger partial charge in [0.05, 0.1) is 24.1 Å². The number of carbonyl (C=O) groups is 2. The van der Waals surface area contributed by atoms with Crippen LogP contribution in [0.15, 0.2) is 75.9 Å². The monoisotopic (exact) mass is 488 g/mol. The zero-order chi connectivity index (χ0) is 25.4. The SMILES string of the molecule is COc1ccc(CN2C(=O)c3oc4ccc(F)cc4c(=O)c3C2c2ccc(OCC(N)=O)cc2)cc1. The van der Waals surface area contributed by atoms with Crippen LogP contribution >= 0.6 is 0 Å². The minimum atomic E-state index is -0.788. The van der Waals surface area contributed by atoms with Gasteiger partial charge in [0.15, 0.2) is 12.0 Å². The highest BCUT2D eigenvalue weighted by Crippen LogP contribution is 2.39. The van der Waals surface area contributed by atoms with Gasteiger partial charge < -0.3 is 24.5 Å². The fourth-order valence-corrected chi connectivity index (χ4v) is 4.33. The van der Waals surface area contributed by atoms with E-state index in [1.807, 2.05) is 12.1 Å². The van der Waals surface area contributed by atoms with Crippen molar-refractivity contribution in [3.63, 3.8) is 0 Å². The number of hydrogen-bond donors (Lipinski definition) is 1. The average molecular weight is 488 g/mol. The van der Waals surface area contributed by atoms with Crippen LogP contribution in [0.2, 0.25) is 0 Å². The molecular formula is C27H21FN2O6. The molecule has 182 valence electrons. The summed E-state index contributed by atoms with van der Waals surface area (Å²) in [6, 6.07) is 16.7. The molecule has 1 aliphatic heterocycles. The maximum atomic E-state index is 14.0.